The molecule has 2 heterocycles. The number of H-pyrrole nitrogens is 1. The van der Waals surface area contributed by atoms with Crippen molar-refractivity contribution in [3.05, 3.63) is 71.7 Å². The maximum Gasteiger partial charge on any atom is 0.230 e. The lowest BCUT2D eigenvalue weighted by Gasteiger charge is -2.00. The van der Waals surface area contributed by atoms with Crippen LogP contribution < -0.4 is 5.32 Å². The summed E-state index contributed by atoms with van der Waals surface area (Å²) in [4.78, 5) is 15.5. The van der Waals surface area contributed by atoms with Crippen molar-refractivity contribution in [2.24, 2.45) is 0 Å². The lowest BCUT2D eigenvalue weighted by atomic mass is 10.1. The normalized spacial score (nSPS) is 11.0. The van der Waals surface area contributed by atoms with Crippen molar-refractivity contribution in [1.82, 2.24) is 15.2 Å². The highest BCUT2D eigenvalue weighted by Crippen LogP contribution is 2.29. The van der Waals surface area contributed by atoms with E-state index in [-0.39, 0.29) is 18.1 Å². The smallest absolute Gasteiger partial charge is 0.230 e. The van der Waals surface area contributed by atoms with Gasteiger partial charge in [0.05, 0.1) is 6.42 Å². The summed E-state index contributed by atoms with van der Waals surface area (Å²) in [6.45, 7) is 0. The molecule has 0 bridgehead atoms. The molecule has 4 rings (SSSR count). The zero-order valence-electron chi connectivity index (χ0n) is 14.1. The summed E-state index contributed by atoms with van der Waals surface area (Å²) in [6.07, 6.45) is 2.10. The standard InChI is InChI=1S/C19H15FN4OS2/c20-15-7-3-1-5-12(15)11-26-19-24-23-18(27-19)22-17(25)9-13-10-21-16-8-4-2-6-14(13)16/h1-8,10,21H,9,11H2,(H,22,23,25). The summed E-state index contributed by atoms with van der Waals surface area (Å²) in [5.41, 5.74) is 2.55. The van der Waals surface area contributed by atoms with E-state index in [0.29, 0.717) is 20.8 Å². The lowest BCUT2D eigenvalue weighted by Crippen LogP contribution is -2.14. The van der Waals surface area contributed by atoms with Gasteiger partial charge in [0.25, 0.3) is 0 Å². The van der Waals surface area contributed by atoms with Crippen LogP contribution in [-0.4, -0.2) is 21.1 Å². The second kappa shape index (κ2) is 7.89. The van der Waals surface area contributed by atoms with Crippen LogP contribution in [-0.2, 0) is 17.0 Å². The SMILES string of the molecule is O=C(Cc1c[nH]c2ccccc12)Nc1nnc(SCc2ccccc2F)s1. The number of carbonyl (C=O) groups excluding carboxylic acids is 1. The average Bonchev–Trinajstić information content (AvgIpc) is 3.28. The first-order chi connectivity index (χ1) is 13.2. The predicted molar refractivity (Wildman–Crippen MR) is 107 cm³/mol. The van der Waals surface area contributed by atoms with Gasteiger partial charge in [0, 0.05) is 22.9 Å². The Morgan fingerprint density at radius 2 is 1.93 bits per heavy atom. The van der Waals surface area contributed by atoms with Gasteiger partial charge in [0.15, 0.2) is 4.34 Å². The highest BCUT2D eigenvalue weighted by atomic mass is 32.2. The van der Waals surface area contributed by atoms with Crippen LogP contribution in [0, 0.1) is 5.82 Å². The molecule has 1 amide bonds. The van der Waals surface area contributed by atoms with E-state index < -0.39 is 0 Å². The molecule has 0 atom stereocenters. The number of hydrogen-bond acceptors (Lipinski definition) is 5. The third-order valence-corrected chi connectivity index (χ3v) is 6.01. The van der Waals surface area contributed by atoms with Gasteiger partial charge in [-0.1, -0.05) is 59.5 Å². The topological polar surface area (TPSA) is 70.7 Å². The lowest BCUT2D eigenvalue weighted by molar-refractivity contribution is -0.115. The maximum absolute atomic E-state index is 13.7. The molecule has 0 aliphatic rings. The summed E-state index contributed by atoms with van der Waals surface area (Å²) in [6, 6.07) is 14.5. The fraction of sp³-hybridized carbons (Fsp3) is 0.105. The van der Waals surface area contributed by atoms with E-state index in [4.69, 9.17) is 0 Å². The van der Waals surface area contributed by atoms with Crippen LogP contribution in [0.15, 0.2) is 59.1 Å². The van der Waals surface area contributed by atoms with Crippen molar-refractivity contribution in [1.29, 1.82) is 0 Å². The van der Waals surface area contributed by atoms with Crippen molar-refractivity contribution in [2.45, 2.75) is 16.5 Å². The van der Waals surface area contributed by atoms with E-state index in [1.807, 2.05) is 30.5 Å². The van der Waals surface area contributed by atoms with E-state index in [0.717, 1.165) is 16.5 Å². The minimum Gasteiger partial charge on any atom is -0.361 e. The molecule has 27 heavy (non-hydrogen) atoms. The number of benzene rings is 2. The highest BCUT2D eigenvalue weighted by Gasteiger charge is 2.12. The first-order valence-corrected chi connectivity index (χ1v) is 10.0. The van der Waals surface area contributed by atoms with Crippen molar-refractivity contribution in [2.75, 3.05) is 5.32 Å². The Kier molecular flexibility index (Phi) is 5.17. The summed E-state index contributed by atoms with van der Waals surface area (Å²) in [7, 11) is 0. The molecule has 0 unspecified atom stereocenters. The number of para-hydroxylation sites is 1. The molecule has 2 aromatic carbocycles. The average molecular weight is 398 g/mol. The van der Waals surface area contributed by atoms with E-state index in [9.17, 15) is 9.18 Å². The Balaban J connectivity index is 1.36. The number of halogens is 1. The van der Waals surface area contributed by atoms with E-state index in [2.05, 4.69) is 20.5 Å². The molecule has 2 aromatic heterocycles. The fourth-order valence-electron chi connectivity index (χ4n) is 2.69. The summed E-state index contributed by atoms with van der Waals surface area (Å²) in [5.74, 6) is 0.0771. The number of aromatic nitrogens is 3. The molecule has 0 spiro atoms. The minimum absolute atomic E-state index is 0.151. The molecule has 0 aliphatic carbocycles. The Morgan fingerprint density at radius 3 is 2.81 bits per heavy atom. The van der Waals surface area contributed by atoms with Gasteiger partial charge in [-0.2, -0.15) is 0 Å². The van der Waals surface area contributed by atoms with Gasteiger partial charge in [-0.05, 0) is 23.3 Å². The second-order valence-electron chi connectivity index (χ2n) is 5.84. The number of anilines is 1. The van der Waals surface area contributed by atoms with Crippen LogP contribution in [0.2, 0.25) is 0 Å². The third kappa shape index (κ3) is 4.17. The molecule has 0 saturated carbocycles. The number of hydrogen-bond donors (Lipinski definition) is 2. The molecule has 2 N–H and O–H groups in total. The zero-order chi connectivity index (χ0) is 18.6. The zero-order valence-corrected chi connectivity index (χ0v) is 15.7. The predicted octanol–water partition coefficient (Wildman–Crippen LogP) is 4.63. The van der Waals surface area contributed by atoms with Crippen molar-refractivity contribution < 1.29 is 9.18 Å². The van der Waals surface area contributed by atoms with Gasteiger partial charge in [-0.15, -0.1) is 10.2 Å². The Bertz CT molecular complexity index is 1090. The molecule has 8 heteroatoms. The van der Waals surface area contributed by atoms with Crippen molar-refractivity contribution in [3.8, 4) is 0 Å². The molecule has 0 aliphatic heterocycles. The van der Waals surface area contributed by atoms with Gasteiger partial charge in [-0.3, -0.25) is 4.79 Å². The largest absolute Gasteiger partial charge is 0.361 e. The molecule has 0 saturated heterocycles. The number of nitrogens with zero attached hydrogens (tertiary/aromatic N) is 2. The van der Waals surface area contributed by atoms with Gasteiger partial charge >= 0.3 is 0 Å². The monoisotopic (exact) mass is 398 g/mol. The number of carbonyl (C=O) groups is 1. The molecule has 0 fully saturated rings. The van der Waals surface area contributed by atoms with E-state index in [1.54, 1.807) is 18.2 Å². The molecule has 136 valence electrons. The number of rotatable bonds is 6. The number of thioether (sulfide) groups is 1. The molecular formula is C19H15FN4OS2. The number of aromatic amines is 1. The Hall–Kier alpha value is -2.71. The second-order valence-corrected chi connectivity index (χ2v) is 8.04. The van der Waals surface area contributed by atoms with Crippen LogP contribution in [0.4, 0.5) is 9.52 Å². The Labute approximate surface area is 163 Å². The number of amides is 1. The first-order valence-electron chi connectivity index (χ1n) is 8.23. The van der Waals surface area contributed by atoms with Gasteiger partial charge in [-0.25, -0.2) is 4.39 Å². The molecular weight excluding hydrogens is 383 g/mol. The van der Waals surface area contributed by atoms with Crippen LogP contribution in [0.5, 0.6) is 0 Å². The fourth-order valence-corrected chi connectivity index (χ4v) is 4.44. The Morgan fingerprint density at radius 1 is 1.11 bits per heavy atom. The first kappa shape index (κ1) is 17.7. The summed E-state index contributed by atoms with van der Waals surface area (Å²) >= 11 is 2.67. The van der Waals surface area contributed by atoms with Crippen LogP contribution in [0.3, 0.4) is 0 Å². The maximum atomic E-state index is 13.7. The van der Waals surface area contributed by atoms with Gasteiger partial charge < -0.3 is 10.3 Å². The third-order valence-electron chi connectivity index (χ3n) is 3.99. The van der Waals surface area contributed by atoms with Gasteiger partial charge in [0.1, 0.15) is 5.82 Å². The quantitative estimate of drug-likeness (QED) is 0.367. The van der Waals surface area contributed by atoms with E-state index in [1.165, 1.54) is 29.2 Å². The summed E-state index contributed by atoms with van der Waals surface area (Å²) < 4.78 is 14.3. The van der Waals surface area contributed by atoms with Crippen LogP contribution in [0.25, 0.3) is 10.9 Å². The highest BCUT2D eigenvalue weighted by molar-refractivity contribution is 8.00. The van der Waals surface area contributed by atoms with Gasteiger partial charge in [0.2, 0.25) is 11.0 Å². The molecule has 5 nitrogen and oxygen atoms in total. The van der Waals surface area contributed by atoms with Crippen LogP contribution in [0.1, 0.15) is 11.1 Å². The van der Waals surface area contributed by atoms with Crippen molar-refractivity contribution >= 4 is 45.0 Å². The van der Waals surface area contributed by atoms with E-state index >= 15 is 0 Å². The summed E-state index contributed by atoms with van der Waals surface area (Å²) in [5, 5.41) is 12.3. The minimum atomic E-state index is -0.234. The molecule has 0 radical (unpaired) electrons. The number of fused-ring (bicyclic) bond motifs is 1. The van der Waals surface area contributed by atoms with Crippen LogP contribution >= 0.6 is 23.1 Å². The molecule has 4 aromatic rings. The number of nitrogens with one attached hydrogen (secondary N) is 2. The van der Waals surface area contributed by atoms with Crippen molar-refractivity contribution in [3.63, 3.8) is 0 Å².